The summed E-state index contributed by atoms with van der Waals surface area (Å²) in [4.78, 5) is 24.8. The number of rotatable bonds is 1. The van der Waals surface area contributed by atoms with Gasteiger partial charge in [0.05, 0.1) is 5.69 Å². The van der Waals surface area contributed by atoms with E-state index in [1.807, 2.05) is 0 Å². The van der Waals surface area contributed by atoms with Gasteiger partial charge in [0, 0.05) is 11.6 Å². The first-order chi connectivity index (χ1) is 6.73. The summed E-state index contributed by atoms with van der Waals surface area (Å²) in [5.74, 6) is 0. The summed E-state index contributed by atoms with van der Waals surface area (Å²) in [5, 5.41) is 0. The molecule has 1 aromatic rings. The molecule has 1 rings (SSSR count). The zero-order valence-corrected chi connectivity index (χ0v) is 10.2. The van der Waals surface area contributed by atoms with Crippen LogP contribution in [0.3, 0.4) is 0 Å². The average Bonchev–Trinajstić information content (AvgIpc) is 1.99. The Hall–Kier alpha value is -0.740. The van der Waals surface area contributed by atoms with Gasteiger partial charge in [0.1, 0.15) is 4.84 Å². The number of aromatic amines is 1. The van der Waals surface area contributed by atoms with Crippen molar-refractivity contribution in [3.63, 3.8) is 0 Å². The second-order valence-corrected chi connectivity index (χ2v) is 5.27. The summed E-state index contributed by atoms with van der Waals surface area (Å²) in [5.41, 5.74) is -1.27. The van der Waals surface area contributed by atoms with Gasteiger partial charge in [-0.15, -0.1) is 0 Å². The number of halogens is 2. The molecule has 0 aliphatic heterocycles. The maximum atomic E-state index is 11.6. The van der Waals surface area contributed by atoms with Crippen molar-refractivity contribution in [3.8, 4) is 0 Å². The minimum absolute atomic E-state index is 0.217. The lowest BCUT2D eigenvalue weighted by atomic mass is 10.1. The number of nitrogens with zero attached hydrogens (tertiary/aromatic N) is 1. The van der Waals surface area contributed by atoms with Gasteiger partial charge in [-0.3, -0.25) is 9.36 Å². The first kappa shape index (κ1) is 12.3. The smallest absolute Gasteiger partial charge is 0.308 e. The van der Waals surface area contributed by atoms with Crippen molar-refractivity contribution in [1.29, 1.82) is 0 Å². The Morgan fingerprint density at radius 3 is 2.20 bits per heavy atom. The van der Waals surface area contributed by atoms with Crippen LogP contribution in [0.2, 0.25) is 0 Å². The van der Waals surface area contributed by atoms with Crippen molar-refractivity contribution in [1.82, 2.24) is 9.55 Å². The molecular weight excluding hydrogens is 239 g/mol. The van der Waals surface area contributed by atoms with E-state index in [-0.39, 0.29) is 5.69 Å². The summed E-state index contributed by atoms with van der Waals surface area (Å²) in [6.45, 7) is 5.30. The molecule has 0 spiro atoms. The Balaban J connectivity index is 3.49. The molecule has 0 aliphatic rings. The van der Waals surface area contributed by atoms with Crippen LogP contribution in [0, 0.1) is 0 Å². The van der Waals surface area contributed by atoms with E-state index in [1.165, 1.54) is 6.07 Å². The average molecular weight is 251 g/mol. The molecule has 84 valence electrons. The fraction of sp³-hybridized carbons (Fsp3) is 0.556. The number of H-pyrrole nitrogens is 1. The molecule has 0 aromatic carbocycles. The molecule has 6 heteroatoms. The van der Waals surface area contributed by atoms with Crippen LogP contribution in [0.25, 0.3) is 0 Å². The summed E-state index contributed by atoms with van der Waals surface area (Å²) in [6.07, 6.45) is 0. The molecule has 0 bridgehead atoms. The normalized spacial score (nSPS) is 12.1. The molecule has 1 N–H and O–H groups in total. The summed E-state index contributed by atoms with van der Waals surface area (Å²) >= 11 is 11.1. The van der Waals surface area contributed by atoms with Gasteiger partial charge in [-0.25, -0.2) is 4.79 Å². The third-order valence-electron chi connectivity index (χ3n) is 1.86. The Morgan fingerprint density at radius 1 is 1.33 bits per heavy atom. The maximum Gasteiger partial charge on any atom is 0.329 e. The van der Waals surface area contributed by atoms with E-state index in [2.05, 4.69) is 4.98 Å². The highest BCUT2D eigenvalue weighted by Gasteiger charge is 2.19. The van der Waals surface area contributed by atoms with Gasteiger partial charge in [-0.05, 0) is 20.8 Å². The minimum atomic E-state index is -0.903. The first-order valence-corrected chi connectivity index (χ1v) is 5.25. The summed E-state index contributed by atoms with van der Waals surface area (Å²) in [6, 6.07) is 1.23. The lowest BCUT2D eigenvalue weighted by Crippen LogP contribution is -2.44. The highest BCUT2D eigenvalue weighted by Crippen LogP contribution is 2.20. The lowest BCUT2D eigenvalue weighted by Gasteiger charge is -2.20. The van der Waals surface area contributed by atoms with Crippen molar-refractivity contribution in [2.24, 2.45) is 0 Å². The molecule has 0 unspecified atom stereocenters. The van der Waals surface area contributed by atoms with Crippen LogP contribution in [0.4, 0.5) is 0 Å². The monoisotopic (exact) mass is 250 g/mol. The Labute approximate surface area is 96.8 Å². The van der Waals surface area contributed by atoms with Crippen molar-refractivity contribution < 1.29 is 0 Å². The molecule has 1 heterocycles. The van der Waals surface area contributed by atoms with E-state index in [1.54, 1.807) is 20.8 Å². The summed E-state index contributed by atoms with van der Waals surface area (Å²) < 4.78 is 1.12. The Morgan fingerprint density at radius 2 is 1.87 bits per heavy atom. The quantitative estimate of drug-likeness (QED) is 0.773. The van der Waals surface area contributed by atoms with Gasteiger partial charge in [0.2, 0.25) is 0 Å². The molecule has 0 saturated heterocycles. The predicted molar refractivity (Wildman–Crippen MR) is 60.8 cm³/mol. The second-order valence-electron chi connectivity index (χ2n) is 4.17. The van der Waals surface area contributed by atoms with Crippen LogP contribution >= 0.6 is 23.2 Å². The number of nitrogens with one attached hydrogen (secondary N) is 1. The summed E-state index contributed by atoms with van der Waals surface area (Å²) in [7, 11) is 0. The lowest BCUT2D eigenvalue weighted by molar-refractivity contribution is 0.365. The van der Waals surface area contributed by atoms with E-state index < -0.39 is 21.6 Å². The van der Waals surface area contributed by atoms with Crippen LogP contribution in [0.1, 0.15) is 31.3 Å². The van der Waals surface area contributed by atoms with Gasteiger partial charge >= 0.3 is 5.69 Å². The van der Waals surface area contributed by atoms with Crippen LogP contribution in [0.15, 0.2) is 15.7 Å². The molecule has 0 amide bonds. The maximum absolute atomic E-state index is 11.6. The van der Waals surface area contributed by atoms with Gasteiger partial charge in [0.25, 0.3) is 5.56 Å². The van der Waals surface area contributed by atoms with E-state index in [0.717, 1.165) is 4.57 Å². The van der Waals surface area contributed by atoms with Crippen LogP contribution in [0.5, 0.6) is 0 Å². The minimum Gasteiger partial charge on any atom is -0.308 e. The molecular formula is C9H12Cl2N2O2. The van der Waals surface area contributed by atoms with Gasteiger partial charge in [-0.2, -0.15) is 0 Å². The third kappa shape index (κ3) is 2.63. The van der Waals surface area contributed by atoms with Gasteiger partial charge in [0.15, 0.2) is 0 Å². The van der Waals surface area contributed by atoms with Crippen molar-refractivity contribution in [2.75, 3.05) is 0 Å². The number of alkyl halides is 2. The topological polar surface area (TPSA) is 54.9 Å². The largest absolute Gasteiger partial charge is 0.329 e. The molecule has 0 saturated carbocycles. The number of aromatic nitrogens is 2. The fourth-order valence-electron chi connectivity index (χ4n) is 1.27. The fourth-order valence-corrected chi connectivity index (χ4v) is 1.50. The Kier molecular flexibility index (Phi) is 3.31. The van der Waals surface area contributed by atoms with E-state index in [9.17, 15) is 9.59 Å². The molecule has 0 fully saturated rings. The van der Waals surface area contributed by atoms with Crippen molar-refractivity contribution >= 4 is 23.2 Å². The zero-order chi connectivity index (χ0) is 11.8. The van der Waals surface area contributed by atoms with E-state index in [0.29, 0.717) is 0 Å². The van der Waals surface area contributed by atoms with Crippen LogP contribution in [-0.4, -0.2) is 9.55 Å². The van der Waals surface area contributed by atoms with Gasteiger partial charge in [-0.1, -0.05) is 23.2 Å². The number of hydrogen-bond acceptors (Lipinski definition) is 2. The predicted octanol–water partition coefficient (Wildman–Crippen LogP) is 1.77. The number of hydrogen-bond donors (Lipinski definition) is 1. The zero-order valence-electron chi connectivity index (χ0n) is 8.67. The van der Waals surface area contributed by atoms with Gasteiger partial charge < -0.3 is 4.98 Å². The molecule has 0 radical (unpaired) electrons. The van der Waals surface area contributed by atoms with E-state index >= 15 is 0 Å². The highest BCUT2D eigenvalue weighted by molar-refractivity contribution is 6.43. The first-order valence-electron chi connectivity index (χ1n) is 4.38. The standard InChI is InChI=1S/C9H12Cl2N2O2/c1-9(2,3)13-6(14)4-5(7(10)11)12-8(13)15/h4,7H,1-3H3,(H,12,15). The van der Waals surface area contributed by atoms with Crippen molar-refractivity contribution in [2.45, 2.75) is 31.1 Å². The molecule has 1 aromatic heterocycles. The third-order valence-corrected chi connectivity index (χ3v) is 2.33. The molecule has 0 atom stereocenters. The van der Waals surface area contributed by atoms with Crippen molar-refractivity contribution in [3.05, 3.63) is 32.6 Å². The Bertz CT molecular complexity index is 437. The van der Waals surface area contributed by atoms with Crippen LogP contribution < -0.4 is 11.2 Å². The van der Waals surface area contributed by atoms with E-state index in [4.69, 9.17) is 23.2 Å². The van der Waals surface area contributed by atoms with Crippen LogP contribution in [-0.2, 0) is 5.54 Å². The SMILES string of the molecule is CC(C)(C)n1c(=O)cc(C(Cl)Cl)[nH]c1=O. The second kappa shape index (κ2) is 4.02. The molecule has 15 heavy (non-hydrogen) atoms. The molecule has 0 aliphatic carbocycles. The molecule has 4 nitrogen and oxygen atoms in total. The highest BCUT2D eigenvalue weighted by atomic mass is 35.5.